The minimum Gasteiger partial charge on any atom is -0.385 e. The zero-order valence-electron chi connectivity index (χ0n) is 10.6. The number of carbonyl (C=O) groups is 1. The number of carbonyl (C=O) groups excluding carboxylic acids is 1. The van der Waals surface area contributed by atoms with Gasteiger partial charge in [-0.15, -0.1) is 0 Å². The first-order valence-electron chi connectivity index (χ1n) is 5.66. The summed E-state index contributed by atoms with van der Waals surface area (Å²) in [6, 6.07) is 4.13. The van der Waals surface area contributed by atoms with Gasteiger partial charge >= 0.3 is 0 Å². The molecule has 0 aliphatic heterocycles. The van der Waals surface area contributed by atoms with Crippen molar-refractivity contribution >= 4 is 5.78 Å². The molecular formula is C14H20O2. The van der Waals surface area contributed by atoms with Gasteiger partial charge in [0.2, 0.25) is 0 Å². The van der Waals surface area contributed by atoms with Gasteiger partial charge in [-0.2, -0.15) is 0 Å². The maximum Gasteiger partial charge on any atom is 0.163 e. The number of Topliss-reactive ketones (excluding diaryl/α,β-unsaturated/α-hetero) is 1. The normalized spacial score (nSPS) is 10.5. The van der Waals surface area contributed by atoms with Crippen molar-refractivity contribution in [1.82, 2.24) is 0 Å². The molecule has 1 aromatic carbocycles. The number of ether oxygens (including phenoxy) is 1. The second-order valence-corrected chi connectivity index (χ2v) is 4.29. The summed E-state index contributed by atoms with van der Waals surface area (Å²) in [5, 5.41) is 0. The lowest BCUT2D eigenvalue weighted by Crippen LogP contribution is -2.06. The molecular weight excluding hydrogens is 200 g/mol. The van der Waals surface area contributed by atoms with E-state index in [0.717, 1.165) is 23.1 Å². The van der Waals surface area contributed by atoms with Crippen LogP contribution in [0.15, 0.2) is 12.1 Å². The van der Waals surface area contributed by atoms with Gasteiger partial charge in [0.1, 0.15) is 0 Å². The van der Waals surface area contributed by atoms with Crippen molar-refractivity contribution in [2.24, 2.45) is 0 Å². The van der Waals surface area contributed by atoms with Gasteiger partial charge in [-0.3, -0.25) is 4.79 Å². The van der Waals surface area contributed by atoms with Gasteiger partial charge in [0, 0.05) is 25.7 Å². The third-order valence-corrected chi connectivity index (χ3v) is 2.71. The van der Waals surface area contributed by atoms with Crippen LogP contribution in [0, 0.1) is 20.8 Å². The molecule has 1 rings (SSSR count). The summed E-state index contributed by atoms with van der Waals surface area (Å²) in [6.45, 7) is 6.71. The van der Waals surface area contributed by atoms with Crippen LogP contribution in [0.4, 0.5) is 0 Å². The summed E-state index contributed by atoms with van der Waals surface area (Å²) in [6.07, 6.45) is 1.36. The quantitative estimate of drug-likeness (QED) is 0.562. The van der Waals surface area contributed by atoms with Gasteiger partial charge in [0.15, 0.2) is 5.78 Å². The first kappa shape index (κ1) is 12.9. The molecule has 2 nitrogen and oxygen atoms in total. The maximum atomic E-state index is 12.0. The molecule has 0 amide bonds. The molecule has 0 atom stereocenters. The van der Waals surface area contributed by atoms with Crippen molar-refractivity contribution in [3.63, 3.8) is 0 Å². The number of benzene rings is 1. The third kappa shape index (κ3) is 3.17. The van der Waals surface area contributed by atoms with Crippen LogP contribution in [0.5, 0.6) is 0 Å². The van der Waals surface area contributed by atoms with Gasteiger partial charge in [-0.25, -0.2) is 0 Å². The predicted octanol–water partition coefficient (Wildman–Crippen LogP) is 3.22. The molecule has 0 saturated carbocycles. The highest BCUT2D eigenvalue weighted by Crippen LogP contribution is 2.18. The summed E-state index contributed by atoms with van der Waals surface area (Å²) in [5.74, 6) is 0.229. The van der Waals surface area contributed by atoms with E-state index in [1.54, 1.807) is 7.11 Å². The van der Waals surface area contributed by atoms with Gasteiger partial charge in [-0.05, 0) is 38.3 Å². The number of methoxy groups -OCH3 is 1. The van der Waals surface area contributed by atoms with Crippen LogP contribution in [0.25, 0.3) is 0 Å². The second kappa shape index (κ2) is 5.80. The van der Waals surface area contributed by atoms with E-state index in [2.05, 4.69) is 19.1 Å². The molecule has 0 spiro atoms. The Labute approximate surface area is 97.6 Å². The Hall–Kier alpha value is -1.15. The zero-order valence-corrected chi connectivity index (χ0v) is 10.6. The Morgan fingerprint density at radius 3 is 2.25 bits per heavy atom. The second-order valence-electron chi connectivity index (χ2n) is 4.29. The van der Waals surface area contributed by atoms with Crippen LogP contribution in [0.1, 0.15) is 39.9 Å². The monoisotopic (exact) mass is 220 g/mol. The minimum absolute atomic E-state index is 0.229. The fourth-order valence-corrected chi connectivity index (χ4v) is 2.12. The zero-order chi connectivity index (χ0) is 12.1. The number of ketones is 1. The van der Waals surface area contributed by atoms with Crippen LogP contribution >= 0.6 is 0 Å². The smallest absolute Gasteiger partial charge is 0.163 e. The van der Waals surface area contributed by atoms with E-state index in [1.807, 2.05) is 13.8 Å². The lowest BCUT2D eigenvalue weighted by molar-refractivity contribution is 0.0962. The van der Waals surface area contributed by atoms with E-state index in [0.29, 0.717) is 13.0 Å². The molecule has 2 heteroatoms. The first-order valence-corrected chi connectivity index (χ1v) is 5.66. The molecule has 0 radical (unpaired) electrons. The van der Waals surface area contributed by atoms with Crippen LogP contribution in [-0.4, -0.2) is 19.5 Å². The highest BCUT2D eigenvalue weighted by atomic mass is 16.5. The van der Waals surface area contributed by atoms with Crippen molar-refractivity contribution in [2.75, 3.05) is 13.7 Å². The molecule has 88 valence electrons. The highest BCUT2D eigenvalue weighted by molar-refractivity contribution is 5.98. The number of hydrogen-bond acceptors (Lipinski definition) is 2. The molecule has 0 saturated heterocycles. The Morgan fingerprint density at radius 2 is 1.75 bits per heavy atom. The topological polar surface area (TPSA) is 26.3 Å². The summed E-state index contributed by atoms with van der Waals surface area (Å²) < 4.78 is 4.96. The van der Waals surface area contributed by atoms with Gasteiger partial charge in [0.05, 0.1) is 0 Å². The average Bonchev–Trinajstić information content (AvgIpc) is 2.16. The van der Waals surface area contributed by atoms with Crippen molar-refractivity contribution in [3.05, 3.63) is 34.4 Å². The van der Waals surface area contributed by atoms with E-state index in [9.17, 15) is 4.79 Å². The SMILES string of the molecule is COCCCC(=O)c1c(C)cc(C)cc1C. The van der Waals surface area contributed by atoms with Crippen molar-refractivity contribution < 1.29 is 9.53 Å². The molecule has 0 bridgehead atoms. The van der Waals surface area contributed by atoms with Crippen molar-refractivity contribution in [2.45, 2.75) is 33.6 Å². The predicted molar refractivity (Wildman–Crippen MR) is 66.1 cm³/mol. The summed E-state index contributed by atoms with van der Waals surface area (Å²) in [4.78, 5) is 12.0. The van der Waals surface area contributed by atoms with E-state index < -0.39 is 0 Å². The third-order valence-electron chi connectivity index (χ3n) is 2.71. The Bertz CT molecular complexity index is 357. The number of rotatable bonds is 5. The molecule has 0 fully saturated rings. The van der Waals surface area contributed by atoms with Gasteiger partial charge in [-0.1, -0.05) is 17.7 Å². The van der Waals surface area contributed by atoms with E-state index in [1.165, 1.54) is 5.56 Å². The fourth-order valence-electron chi connectivity index (χ4n) is 2.12. The molecule has 0 aliphatic rings. The minimum atomic E-state index is 0.229. The lowest BCUT2D eigenvalue weighted by Gasteiger charge is -2.10. The van der Waals surface area contributed by atoms with E-state index >= 15 is 0 Å². The van der Waals surface area contributed by atoms with Crippen LogP contribution in [-0.2, 0) is 4.74 Å². The standard InChI is InChI=1S/C14H20O2/c1-10-8-11(2)14(12(3)9-10)13(15)6-5-7-16-4/h8-9H,5-7H2,1-4H3. The molecule has 16 heavy (non-hydrogen) atoms. The first-order chi connectivity index (χ1) is 7.56. The Balaban J connectivity index is 2.83. The fraction of sp³-hybridized carbons (Fsp3) is 0.500. The molecule has 0 heterocycles. The van der Waals surface area contributed by atoms with Crippen LogP contribution in [0.2, 0.25) is 0 Å². The van der Waals surface area contributed by atoms with Crippen molar-refractivity contribution in [3.8, 4) is 0 Å². The average molecular weight is 220 g/mol. The lowest BCUT2D eigenvalue weighted by atomic mass is 9.95. The van der Waals surface area contributed by atoms with Crippen molar-refractivity contribution in [1.29, 1.82) is 0 Å². The van der Waals surface area contributed by atoms with Gasteiger partial charge in [0.25, 0.3) is 0 Å². The van der Waals surface area contributed by atoms with E-state index in [-0.39, 0.29) is 5.78 Å². The number of hydrogen-bond donors (Lipinski definition) is 0. The summed E-state index contributed by atoms with van der Waals surface area (Å²) in [7, 11) is 1.66. The summed E-state index contributed by atoms with van der Waals surface area (Å²) in [5.41, 5.74) is 4.27. The molecule has 1 aromatic rings. The maximum absolute atomic E-state index is 12.0. The van der Waals surface area contributed by atoms with Crippen LogP contribution in [0.3, 0.4) is 0 Å². The largest absolute Gasteiger partial charge is 0.385 e. The number of aryl methyl sites for hydroxylation is 3. The van der Waals surface area contributed by atoms with Crippen LogP contribution < -0.4 is 0 Å². The molecule has 0 unspecified atom stereocenters. The highest BCUT2D eigenvalue weighted by Gasteiger charge is 2.12. The molecule has 0 aliphatic carbocycles. The molecule has 0 aromatic heterocycles. The molecule has 0 N–H and O–H groups in total. The van der Waals surface area contributed by atoms with E-state index in [4.69, 9.17) is 4.74 Å². The Morgan fingerprint density at radius 1 is 1.19 bits per heavy atom. The van der Waals surface area contributed by atoms with Gasteiger partial charge < -0.3 is 4.74 Å². The Kier molecular flexibility index (Phi) is 4.69. The summed E-state index contributed by atoms with van der Waals surface area (Å²) >= 11 is 0.